The number of carbonyl (C=O) groups is 3. The van der Waals surface area contributed by atoms with Crippen molar-refractivity contribution >= 4 is 34.8 Å². The zero-order chi connectivity index (χ0) is 22.5. The van der Waals surface area contributed by atoms with Gasteiger partial charge >= 0.3 is 0 Å². The lowest BCUT2D eigenvalue weighted by molar-refractivity contribution is -0.124. The number of rotatable bonds is 6. The van der Waals surface area contributed by atoms with Crippen molar-refractivity contribution in [1.29, 1.82) is 0 Å². The lowest BCUT2D eigenvalue weighted by atomic mass is 10.1. The Kier molecular flexibility index (Phi) is 7.02. The van der Waals surface area contributed by atoms with Gasteiger partial charge in [-0.05, 0) is 56.8 Å². The van der Waals surface area contributed by atoms with E-state index in [0.717, 1.165) is 0 Å². The number of hydrogen-bond donors (Lipinski definition) is 2. The molecule has 2 aromatic carbocycles. The molecule has 0 saturated carbocycles. The number of nitrogens with zero attached hydrogens (tertiary/aromatic N) is 2. The van der Waals surface area contributed by atoms with Crippen LogP contribution in [0.15, 0.2) is 48.5 Å². The van der Waals surface area contributed by atoms with Gasteiger partial charge in [-0.15, -0.1) is 0 Å². The number of hydrogen-bond acceptors (Lipinski definition) is 4. The molecule has 31 heavy (non-hydrogen) atoms. The summed E-state index contributed by atoms with van der Waals surface area (Å²) in [6.07, 6.45) is 0.676. The lowest BCUT2D eigenvalue weighted by Crippen LogP contribution is -2.49. The fraction of sp³-hybridized carbons (Fsp3) is 0.348. The van der Waals surface area contributed by atoms with E-state index in [9.17, 15) is 18.8 Å². The highest BCUT2D eigenvalue weighted by Crippen LogP contribution is 2.31. The van der Waals surface area contributed by atoms with Crippen molar-refractivity contribution in [3.63, 3.8) is 0 Å². The topological polar surface area (TPSA) is 81.8 Å². The van der Waals surface area contributed by atoms with E-state index in [1.54, 1.807) is 35.0 Å². The van der Waals surface area contributed by atoms with Crippen LogP contribution in [-0.4, -0.2) is 48.3 Å². The summed E-state index contributed by atoms with van der Waals surface area (Å²) in [4.78, 5) is 41.5. The van der Waals surface area contributed by atoms with Crippen LogP contribution in [-0.2, 0) is 14.4 Å². The summed E-state index contributed by atoms with van der Waals surface area (Å²) in [5, 5.41) is 5.60. The second-order valence-corrected chi connectivity index (χ2v) is 7.72. The summed E-state index contributed by atoms with van der Waals surface area (Å²) in [6, 6.07) is 11.8. The van der Waals surface area contributed by atoms with Crippen LogP contribution in [0.4, 0.5) is 21.5 Å². The molecule has 1 heterocycles. The molecule has 0 bridgehead atoms. The number of anilines is 3. The summed E-state index contributed by atoms with van der Waals surface area (Å²) < 4.78 is 13.1. The normalized spacial score (nSPS) is 16.9. The SMILES string of the molecule is CC[C@@H](C(=O)Nc1ccc(F)cc1)N(C)CC(=O)N1c2ccccc2NC(=O)C[C@@H]1C. The molecular weight excluding hydrogens is 399 g/mol. The number of fused-ring (bicyclic) bond motifs is 1. The van der Waals surface area contributed by atoms with Gasteiger partial charge in [0.15, 0.2) is 0 Å². The van der Waals surface area contributed by atoms with E-state index >= 15 is 0 Å². The van der Waals surface area contributed by atoms with Crippen LogP contribution in [0.1, 0.15) is 26.7 Å². The second-order valence-electron chi connectivity index (χ2n) is 7.72. The lowest BCUT2D eigenvalue weighted by Gasteiger charge is -2.32. The number of likely N-dealkylation sites (N-methyl/N-ethyl adjacent to an activating group) is 1. The summed E-state index contributed by atoms with van der Waals surface area (Å²) >= 11 is 0. The zero-order valence-corrected chi connectivity index (χ0v) is 17.9. The Morgan fingerprint density at radius 1 is 1.23 bits per heavy atom. The average molecular weight is 426 g/mol. The Hall–Kier alpha value is -3.26. The molecular formula is C23H27FN4O3. The minimum absolute atomic E-state index is 0.00219. The summed E-state index contributed by atoms with van der Waals surface area (Å²) in [5.74, 6) is -1.00. The minimum atomic E-state index is -0.550. The molecule has 2 N–H and O–H groups in total. The molecule has 1 aliphatic heterocycles. The predicted octanol–water partition coefficient (Wildman–Crippen LogP) is 3.24. The third kappa shape index (κ3) is 5.27. The number of carbonyl (C=O) groups excluding carboxylic acids is 3. The van der Waals surface area contributed by atoms with Gasteiger partial charge in [-0.2, -0.15) is 0 Å². The van der Waals surface area contributed by atoms with Gasteiger partial charge in [0, 0.05) is 18.2 Å². The van der Waals surface area contributed by atoms with Crippen LogP contribution in [0.3, 0.4) is 0 Å². The third-order valence-corrected chi connectivity index (χ3v) is 5.35. The van der Waals surface area contributed by atoms with Crippen molar-refractivity contribution in [2.75, 3.05) is 29.1 Å². The molecule has 0 spiro atoms. The number of amides is 3. The third-order valence-electron chi connectivity index (χ3n) is 5.35. The highest BCUT2D eigenvalue weighted by Gasteiger charge is 2.31. The summed E-state index contributed by atoms with van der Waals surface area (Å²) in [7, 11) is 1.72. The van der Waals surface area contributed by atoms with Gasteiger partial charge in [0.05, 0.1) is 24.0 Å². The molecule has 0 aromatic heterocycles. The molecule has 0 radical (unpaired) electrons. The molecule has 164 valence electrons. The van der Waals surface area contributed by atoms with Crippen molar-refractivity contribution < 1.29 is 18.8 Å². The molecule has 1 aliphatic rings. The highest BCUT2D eigenvalue weighted by molar-refractivity contribution is 6.05. The van der Waals surface area contributed by atoms with Crippen molar-refractivity contribution in [1.82, 2.24) is 4.90 Å². The molecule has 2 atom stereocenters. The first-order chi connectivity index (χ1) is 14.8. The maximum atomic E-state index is 13.3. The standard InChI is InChI=1S/C23H27FN4O3/c1-4-19(23(31)25-17-11-9-16(24)10-12-17)27(3)14-22(30)28-15(2)13-21(29)26-18-7-5-6-8-20(18)28/h5-12,15,19H,4,13-14H2,1-3H3,(H,25,31)(H,26,29)/t15-,19-/m0/s1. The molecule has 0 aliphatic carbocycles. The highest BCUT2D eigenvalue weighted by atomic mass is 19.1. The monoisotopic (exact) mass is 426 g/mol. The quantitative estimate of drug-likeness (QED) is 0.743. The van der Waals surface area contributed by atoms with Gasteiger partial charge < -0.3 is 15.5 Å². The van der Waals surface area contributed by atoms with Gasteiger partial charge in [0.1, 0.15) is 5.82 Å². The van der Waals surface area contributed by atoms with Crippen LogP contribution < -0.4 is 15.5 Å². The Morgan fingerprint density at radius 2 is 1.90 bits per heavy atom. The van der Waals surface area contributed by atoms with E-state index in [0.29, 0.717) is 23.5 Å². The first-order valence-corrected chi connectivity index (χ1v) is 10.3. The number of halogens is 1. The maximum Gasteiger partial charge on any atom is 0.241 e. The molecule has 2 aromatic rings. The Morgan fingerprint density at radius 3 is 2.58 bits per heavy atom. The Labute approximate surface area is 181 Å². The van der Waals surface area contributed by atoms with Gasteiger partial charge in [-0.3, -0.25) is 19.3 Å². The molecule has 0 unspecified atom stereocenters. The number of benzene rings is 2. The number of para-hydroxylation sites is 2. The fourth-order valence-corrected chi connectivity index (χ4v) is 3.82. The molecule has 0 saturated heterocycles. The second kappa shape index (κ2) is 9.70. The minimum Gasteiger partial charge on any atom is -0.325 e. The van der Waals surface area contributed by atoms with E-state index in [1.165, 1.54) is 24.3 Å². The maximum absolute atomic E-state index is 13.3. The summed E-state index contributed by atoms with van der Waals surface area (Å²) in [5.41, 5.74) is 1.72. The van der Waals surface area contributed by atoms with Gasteiger partial charge in [-0.25, -0.2) is 4.39 Å². The van der Waals surface area contributed by atoms with Crippen molar-refractivity contribution in [2.45, 2.75) is 38.8 Å². The molecule has 0 fully saturated rings. The van der Waals surface area contributed by atoms with Crippen LogP contribution in [0.25, 0.3) is 0 Å². The predicted molar refractivity (Wildman–Crippen MR) is 118 cm³/mol. The van der Waals surface area contributed by atoms with Crippen LogP contribution in [0.2, 0.25) is 0 Å². The largest absolute Gasteiger partial charge is 0.325 e. The van der Waals surface area contributed by atoms with Crippen LogP contribution >= 0.6 is 0 Å². The average Bonchev–Trinajstić information content (AvgIpc) is 2.84. The van der Waals surface area contributed by atoms with E-state index in [2.05, 4.69) is 10.6 Å². The van der Waals surface area contributed by atoms with Gasteiger partial charge in [-0.1, -0.05) is 19.1 Å². The van der Waals surface area contributed by atoms with Crippen LogP contribution in [0.5, 0.6) is 0 Å². The van der Waals surface area contributed by atoms with E-state index < -0.39 is 6.04 Å². The molecule has 7 nitrogen and oxygen atoms in total. The van der Waals surface area contributed by atoms with E-state index in [1.807, 2.05) is 19.9 Å². The summed E-state index contributed by atoms with van der Waals surface area (Å²) in [6.45, 7) is 3.70. The molecule has 3 rings (SSSR count). The van der Waals surface area contributed by atoms with Gasteiger partial charge in [0.2, 0.25) is 17.7 Å². The first kappa shape index (κ1) is 22.4. The van der Waals surface area contributed by atoms with E-state index in [4.69, 9.17) is 0 Å². The zero-order valence-electron chi connectivity index (χ0n) is 17.9. The van der Waals surface area contributed by atoms with Crippen LogP contribution in [0, 0.1) is 5.82 Å². The smallest absolute Gasteiger partial charge is 0.241 e. The Balaban J connectivity index is 1.74. The molecule has 3 amide bonds. The van der Waals surface area contributed by atoms with Crippen molar-refractivity contribution in [3.05, 3.63) is 54.3 Å². The molecule has 8 heteroatoms. The fourth-order valence-electron chi connectivity index (χ4n) is 3.82. The first-order valence-electron chi connectivity index (χ1n) is 10.3. The van der Waals surface area contributed by atoms with Crippen molar-refractivity contribution in [3.8, 4) is 0 Å². The van der Waals surface area contributed by atoms with E-state index in [-0.39, 0.29) is 42.5 Å². The van der Waals surface area contributed by atoms with Crippen molar-refractivity contribution in [2.24, 2.45) is 0 Å². The van der Waals surface area contributed by atoms with Gasteiger partial charge in [0.25, 0.3) is 0 Å². The Bertz CT molecular complexity index is 964. The number of nitrogens with one attached hydrogen (secondary N) is 2.